The number of hydrogen-bond acceptors (Lipinski definition) is 2. The molecule has 0 aliphatic carbocycles. The lowest BCUT2D eigenvalue weighted by molar-refractivity contribution is 0.223. The minimum Gasteiger partial charge on any atom is -0.383 e. The number of aliphatic hydroxyl groups excluding tert-OH is 1. The molecule has 0 saturated carbocycles. The summed E-state index contributed by atoms with van der Waals surface area (Å²) >= 11 is 4.57. The number of thiophene rings is 1. The summed E-state index contributed by atoms with van der Waals surface area (Å²) in [6, 6.07) is 6.63. The average Bonchev–Trinajstić information content (AvgIpc) is 2.67. The normalized spacial score (nSPS) is 12.8. The molecule has 1 aromatic carbocycles. The van der Waals surface area contributed by atoms with Crippen LogP contribution in [0.1, 0.15) is 22.1 Å². The van der Waals surface area contributed by atoms with E-state index in [4.69, 9.17) is 0 Å². The quantitative estimate of drug-likeness (QED) is 0.887. The summed E-state index contributed by atoms with van der Waals surface area (Å²) in [5, 5.41) is 12.0. The van der Waals surface area contributed by atoms with Gasteiger partial charge in [0, 0.05) is 4.88 Å². The highest BCUT2D eigenvalue weighted by atomic mass is 79.9. The molecular weight excluding hydrogens is 291 g/mol. The Morgan fingerprint density at radius 1 is 1.38 bits per heavy atom. The first-order chi connectivity index (χ1) is 7.59. The van der Waals surface area contributed by atoms with Gasteiger partial charge in [-0.3, -0.25) is 0 Å². The monoisotopic (exact) mass is 300 g/mol. The van der Waals surface area contributed by atoms with E-state index >= 15 is 0 Å². The van der Waals surface area contributed by atoms with E-state index < -0.39 is 6.10 Å². The van der Waals surface area contributed by atoms with E-state index in [9.17, 15) is 9.50 Å². The minimum atomic E-state index is -0.748. The molecule has 0 amide bonds. The topological polar surface area (TPSA) is 20.2 Å². The molecule has 16 heavy (non-hydrogen) atoms. The lowest BCUT2D eigenvalue weighted by atomic mass is 10.1. The fraction of sp³-hybridized carbons (Fsp3) is 0.167. The molecule has 1 aromatic heterocycles. The van der Waals surface area contributed by atoms with Crippen LogP contribution in [0.5, 0.6) is 0 Å². The van der Waals surface area contributed by atoms with Gasteiger partial charge >= 0.3 is 0 Å². The van der Waals surface area contributed by atoms with E-state index in [1.54, 1.807) is 12.1 Å². The number of hydrogen-bond donors (Lipinski definition) is 1. The van der Waals surface area contributed by atoms with Gasteiger partial charge in [-0.2, -0.15) is 0 Å². The molecule has 0 radical (unpaired) electrons. The van der Waals surface area contributed by atoms with Gasteiger partial charge in [-0.25, -0.2) is 4.39 Å². The van der Waals surface area contributed by atoms with Crippen LogP contribution in [0.3, 0.4) is 0 Å². The van der Waals surface area contributed by atoms with Gasteiger partial charge in [-0.15, -0.1) is 11.3 Å². The van der Waals surface area contributed by atoms with E-state index in [-0.39, 0.29) is 5.82 Å². The van der Waals surface area contributed by atoms with E-state index in [0.717, 1.165) is 10.4 Å². The number of benzene rings is 1. The van der Waals surface area contributed by atoms with Crippen LogP contribution in [0, 0.1) is 12.7 Å². The molecule has 0 aliphatic heterocycles. The molecular formula is C12H10BrFOS. The third-order valence-corrected chi connectivity index (χ3v) is 4.12. The van der Waals surface area contributed by atoms with Crippen molar-refractivity contribution in [3.8, 4) is 0 Å². The summed E-state index contributed by atoms with van der Waals surface area (Å²) in [6.07, 6.45) is -0.748. The van der Waals surface area contributed by atoms with Crippen molar-refractivity contribution in [2.75, 3.05) is 0 Å². The maximum atomic E-state index is 13.3. The standard InChI is InChI=1S/C12H10BrFOS/c1-7-4-5-16-12(7)11(15)8-2-3-9(13)10(14)6-8/h2-6,11,15H,1H3. The predicted molar refractivity (Wildman–Crippen MR) is 67.2 cm³/mol. The second-order valence-electron chi connectivity index (χ2n) is 3.54. The molecule has 1 N–H and O–H groups in total. The Hall–Kier alpha value is -0.710. The Labute approximate surface area is 106 Å². The Balaban J connectivity index is 2.38. The van der Waals surface area contributed by atoms with Crippen molar-refractivity contribution in [3.63, 3.8) is 0 Å². The number of aryl methyl sites for hydroxylation is 1. The van der Waals surface area contributed by atoms with Gasteiger partial charge in [0.25, 0.3) is 0 Å². The molecule has 2 aromatic rings. The van der Waals surface area contributed by atoms with Gasteiger partial charge in [0.05, 0.1) is 4.47 Å². The van der Waals surface area contributed by atoms with Crippen molar-refractivity contribution >= 4 is 27.3 Å². The highest BCUT2D eigenvalue weighted by Crippen LogP contribution is 2.30. The van der Waals surface area contributed by atoms with Crippen molar-refractivity contribution in [2.24, 2.45) is 0 Å². The van der Waals surface area contributed by atoms with Crippen LogP contribution in [0.4, 0.5) is 4.39 Å². The van der Waals surface area contributed by atoms with Crippen LogP contribution >= 0.6 is 27.3 Å². The first-order valence-electron chi connectivity index (χ1n) is 4.76. The highest BCUT2D eigenvalue weighted by Gasteiger charge is 2.15. The summed E-state index contributed by atoms with van der Waals surface area (Å²) in [5.74, 6) is -0.356. The van der Waals surface area contributed by atoms with Crippen LogP contribution in [-0.4, -0.2) is 5.11 Å². The van der Waals surface area contributed by atoms with E-state index in [2.05, 4.69) is 15.9 Å². The molecule has 1 atom stereocenters. The maximum Gasteiger partial charge on any atom is 0.137 e. The Kier molecular flexibility index (Phi) is 3.42. The van der Waals surface area contributed by atoms with E-state index in [0.29, 0.717) is 10.0 Å². The highest BCUT2D eigenvalue weighted by molar-refractivity contribution is 9.10. The van der Waals surface area contributed by atoms with Gasteiger partial charge in [0.15, 0.2) is 0 Å². The zero-order valence-corrected chi connectivity index (χ0v) is 11.0. The third-order valence-electron chi connectivity index (χ3n) is 2.41. The van der Waals surface area contributed by atoms with Crippen LogP contribution in [0.2, 0.25) is 0 Å². The first kappa shape index (κ1) is 11.8. The molecule has 0 saturated heterocycles. The summed E-state index contributed by atoms with van der Waals surface area (Å²) in [5.41, 5.74) is 1.60. The molecule has 2 rings (SSSR count). The van der Waals surface area contributed by atoms with Crippen LogP contribution in [0.15, 0.2) is 34.1 Å². The lowest BCUT2D eigenvalue weighted by Gasteiger charge is -2.11. The molecule has 4 heteroatoms. The minimum absolute atomic E-state index is 0.356. The summed E-state index contributed by atoms with van der Waals surface area (Å²) < 4.78 is 13.7. The van der Waals surface area contributed by atoms with Crippen LogP contribution < -0.4 is 0 Å². The molecule has 1 heterocycles. The summed E-state index contributed by atoms with van der Waals surface area (Å²) in [4.78, 5) is 0.863. The fourth-order valence-corrected chi connectivity index (χ4v) is 2.68. The Bertz CT molecular complexity index is 509. The van der Waals surface area contributed by atoms with E-state index in [1.165, 1.54) is 17.4 Å². The molecule has 1 unspecified atom stereocenters. The molecule has 1 nitrogen and oxygen atoms in total. The molecule has 0 aliphatic rings. The van der Waals surface area contributed by atoms with Gasteiger partial charge in [-0.05, 0) is 57.6 Å². The van der Waals surface area contributed by atoms with Crippen molar-refractivity contribution < 1.29 is 9.50 Å². The molecule has 0 spiro atoms. The van der Waals surface area contributed by atoms with Gasteiger partial charge < -0.3 is 5.11 Å². The van der Waals surface area contributed by atoms with Gasteiger partial charge in [-0.1, -0.05) is 6.07 Å². The zero-order chi connectivity index (χ0) is 11.7. The number of halogens is 2. The predicted octanol–water partition coefficient (Wildman–Crippen LogP) is 4.04. The smallest absolute Gasteiger partial charge is 0.137 e. The number of aliphatic hydroxyl groups is 1. The van der Waals surface area contributed by atoms with Gasteiger partial charge in [0.1, 0.15) is 11.9 Å². The fourth-order valence-electron chi connectivity index (χ4n) is 1.50. The Morgan fingerprint density at radius 2 is 2.12 bits per heavy atom. The van der Waals surface area contributed by atoms with Crippen molar-refractivity contribution in [1.29, 1.82) is 0 Å². The second kappa shape index (κ2) is 4.65. The SMILES string of the molecule is Cc1ccsc1C(O)c1ccc(Br)c(F)c1. The molecule has 0 fully saturated rings. The third kappa shape index (κ3) is 2.19. The van der Waals surface area contributed by atoms with Crippen molar-refractivity contribution in [1.82, 2.24) is 0 Å². The van der Waals surface area contributed by atoms with Crippen molar-refractivity contribution in [2.45, 2.75) is 13.0 Å². The molecule has 0 bridgehead atoms. The largest absolute Gasteiger partial charge is 0.383 e. The number of rotatable bonds is 2. The average molecular weight is 301 g/mol. The lowest BCUT2D eigenvalue weighted by Crippen LogP contribution is -1.99. The van der Waals surface area contributed by atoms with Crippen molar-refractivity contribution in [3.05, 3.63) is 55.9 Å². The summed E-state index contributed by atoms with van der Waals surface area (Å²) in [7, 11) is 0. The zero-order valence-electron chi connectivity index (χ0n) is 8.58. The second-order valence-corrected chi connectivity index (χ2v) is 5.35. The van der Waals surface area contributed by atoms with Crippen LogP contribution in [0.25, 0.3) is 0 Å². The molecule has 84 valence electrons. The van der Waals surface area contributed by atoms with E-state index in [1.807, 2.05) is 18.4 Å². The maximum absolute atomic E-state index is 13.3. The Morgan fingerprint density at radius 3 is 2.69 bits per heavy atom. The van der Waals surface area contributed by atoms with Crippen LogP contribution in [-0.2, 0) is 0 Å². The van der Waals surface area contributed by atoms with Gasteiger partial charge in [0.2, 0.25) is 0 Å². The summed E-state index contributed by atoms with van der Waals surface area (Å²) in [6.45, 7) is 1.93. The first-order valence-corrected chi connectivity index (χ1v) is 6.44.